The highest BCUT2D eigenvalue weighted by atomic mass is 16.5. The summed E-state index contributed by atoms with van der Waals surface area (Å²) in [5.41, 5.74) is 3.02. The van der Waals surface area contributed by atoms with Gasteiger partial charge in [-0.1, -0.05) is 37.3 Å². The van der Waals surface area contributed by atoms with E-state index >= 15 is 0 Å². The minimum absolute atomic E-state index is 0.00431. The van der Waals surface area contributed by atoms with Crippen LogP contribution < -0.4 is 14.5 Å². The van der Waals surface area contributed by atoms with Crippen molar-refractivity contribution >= 4 is 23.4 Å². The molecule has 1 unspecified atom stereocenters. The fourth-order valence-corrected chi connectivity index (χ4v) is 3.54. The molecule has 0 spiro atoms. The van der Waals surface area contributed by atoms with Crippen molar-refractivity contribution in [2.75, 3.05) is 29.5 Å². The fourth-order valence-electron chi connectivity index (χ4n) is 3.54. The monoisotopic (exact) mass is 364 g/mol. The molecule has 2 aromatic rings. The predicted octanol–water partition coefficient (Wildman–Crippen LogP) is 4.75. The van der Waals surface area contributed by atoms with Gasteiger partial charge in [-0.15, -0.1) is 0 Å². The molecule has 0 N–H and O–H groups in total. The van der Waals surface area contributed by atoms with Gasteiger partial charge in [0.05, 0.1) is 18.0 Å². The molecule has 1 heterocycles. The van der Waals surface area contributed by atoms with Gasteiger partial charge in [-0.3, -0.25) is 4.79 Å². The molecule has 1 atom stereocenters. The quantitative estimate of drug-likeness (QED) is 0.694. The average Bonchev–Trinajstić information content (AvgIpc) is 2.70. The molecule has 0 radical (unpaired) electrons. The van der Waals surface area contributed by atoms with Crippen LogP contribution in [-0.2, 0) is 4.79 Å². The van der Waals surface area contributed by atoms with Gasteiger partial charge in [0, 0.05) is 30.8 Å². The lowest BCUT2D eigenvalue weighted by Crippen LogP contribution is -2.49. The summed E-state index contributed by atoms with van der Waals surface area (Å²) >= 11 is 0. The van der Waals surface area contributed by atoms with E-state index < -0.39 is 0 Å². The first-order valence-electron chi connectivity index (χ1n) is 9.72. The van der Waals surface area contributed by atoms with Crippen molar-refractivity contribution in [1.29, 1.82) is 0 Å². The fraction of sp³-hybridized carbons (Fsp3) is 0.348. The minimum Gasteiger partial charge on any atom is -0.493 e. The van der Waals surface area contributed by atoms with Gasteiger partial charge in [-0.2, -0.15) is 0 Å². The van der Waals surface area contributed by atoms with Crippen molar-refractivity contribution in [3.63, 3.8) is 0 Å². The summed E-state index contributed by atoms with van der Waals surface area (Å²) in [5, 5.41) is 0. The highest BCUT2D eigenvalue weighted by Crippen LogP contribution is 2.35. The lowest BCUT2D eigenvalue weighted by atomic mass is 10.1. The molecule has 4 heteroatoms. The Kier molecular flexibility index (Phi) is 6.17. The number of para-hydroxylation sites is 3. The number of rotatable bonds is 6. The Morgan fingerprint density at radius 3 is 2.56 bits per heavy atom. The molecule has 1 aliphatic rings. The Morgan fingerprint density at radius 1 is 1.11 bits per heavy atom. The maximum absolute atomic E-state index is 13.0. The molecule has 1 aliphatic heterocycles. The zero-order valence-corrected chi connectivity index (χ0v) is 16.4. The maximum Gasteiger partial charge on any atom is 0.251 e. The number of likely N-dealkylation sites (N-methyl/N-ethyl adjacent to an activating group) is 1. The Hall–Kier alpha value is -2.75. The van der Waals surface area contributed by atoms with E-state index in [0.717, 1.165) is 35.7 Å². The first-order chi connectivity index (χ1) is 13.2. The molecule has 3 rings (SSSR count). The smallest absolute Gasteiger partial charge is 0.251 e. The number of benzene rings is 2. The molecule has 0 saturated carbocycles. The molecule has 27 heavy (non-hydrogen) atoms. The van der Waals surface area contributed by atoms with Crippen LogP contribution in [0.1, 0.15) is 32.8 Å². The van der Waals surface area contributed by atoms with Crippen molar-refractivity contribution < 1.29 is 9.53 Å². The molecular formula is C23H28N2O2. The summed E-state index contributed by atoms with van der Waals surface area (Å²) in [6, 6.07) is 16.2. The number of ether oxygens (including phenoxy) is 1. The van der Waals surface area contributed by atoms with Crippen molar-refractivity contribution in [3.05, 3.63) is 60.2 Å². The molecule has 1 amide bonds. The van der Waals surface area contributed by atoms with Crippen molar-refractivity contribution in [1.82, 2.24) is 0 Å². The van der Waals surface area contributed by atoms with Gasteiger partial charge in [0.15, 0.2) is 0 Å². The van der Waals surface area contributed by atoms with E-state index in [-0.39, 0.29) is 11.9 Å². The Bertz CT molecular complexity index is 816. The summed E-state index contributed by atoms with van der Waals surface area (Å²) in [5.74, 6) is 0.809. The van der Waals surface area contributed by atoms with Crippen LogP contribution in [0.15, 0.2) is 54.6 Å². The van der Waals surface area contributed by atoms with Crippen LogP contribution in [0.5, 0.6) is 5.75 Å². The third kappa shape index (κ3) is 4.16. The van der Waals surface area contributed by atoms with Gasteiger partial charge in [0.25, 0.3) is 5.91 Å². The predicted molar refractivity (Wildman–Crippen MR) is 113 cm³/mol. The van der Waals surface area contributed by atoms with E-state index in [1.807, 2.05) is 53.4 Å². The summed E-state index contributed by atoms with van der Waals surface area (Å²) in [6.45, 7) is 8.68. The third-order valence-electron chi connectivity index (χ3n) is 4.85. The normalized spacial score (nSPS) is 16.5. The maximum atomic E-state index is 13.0. The van der Waals surface area contributed by atoms with Crippen LogP contribution in [0.4, 0.5) is 11.4 Å². The second kappa shape index (κ2) is 8.76. The van der Waals surface area contributed by atoms with Crippen molar-refractivity contribution in [2.45, 2.75) is 33.2 Å². The average molecular weight is 364 g/mol. The summed E-state index contributed by atoms with van der Waals surface area (Å²) in [4.78, 5) is 17.2. The molecule has 0 aromatic heterocycles. The van der Waals surface area contributed by atoms with Gasteiger partial charge in [0.2, 0.25) is 0 Å². The highest BCUT2D eigenvalue weighted by molar-refractivity contribution is 6.06. The largest absolute Gasteiger partial charge is 0.493 e. The van der Waals surface area contributed by atoms with Crippen LogP contribution in [0.2, 0.25) is 0 Å². The lowest BCUT2D eigenvalue weighted by Gasteiger charge is -2.41. The number of fused-ring (bicyclic) bond motifs is 1. The number of hydrogen-bond acceptors (Lipinski definition) is 3. The Labute approximate surface area is 162 Å². The van der Waals surface area contributed by atoms with Gasteiger partial charge in [-0.25, -0.2) is 0 Å². The van der Waals surface area contributed by atoms with Crippen LogP contribution in [-0.4, -0.2) is 31.6 Å². The van der Waals surface area contributed by atoms with E-state index in [1.54, 1.807) is 6.08 Å². The van der Waals surface area contributed by atoms with E-state index in [9.17, 15) is 4.79 Å². The standard InChI is InChI=1S/C23H28N2O2/c1-4-16-27-22-13-9-6-10-19(22)14-15-23(26)25-17-18(3)24(5-2)20-11-7-8-12-21(20)25/h6-15,18H,4-5,16-17H2,1-3H3/b15-14+. The number of amides is 1. The van der Waals surface area contributed by atoms with E-state index in [4.69, 9.17) is 4.74 Å². The van der Waals surface area contributed by atoms with Gasteiger partial charge < -0.3 is 14.5 Å². The number of anilines is 2. The first kappa shape index (κ1) is 19.0. The Morgan fingerprint density at radius 2 is 1.81 bits per heavy atom. The summed E-state index contributed by atoms with van der Waals surface area (Å²) in [6.07, 6.45) is 4.46. The van der Waals surface area contributed by atoms with Gasteiger partial charge in [-0.05, 0) is 44.5 Å². The summed E-state index contributed by atoms with van der Waals surface area (Å²) < 4.78 is 5.78. The SMILES string of the molecule is CCCOc1ccccc1/C=C/C(=O)N1CC(C)N(CC)c2ccccc21. The third-order valence-corrected chi connectivity index (χ3v) is 4.85. The van der Waals surface area contributed by atoms with Crippen LogP contribution in [0.3, 0.4) is 0 Å². The van der Waals surface area contributed by atoms with Crippen molar-refractivity contribution in [2.24, 2.45) is 0 Å². The topological polar surface area (TPSA) is 32.8 Å². The Balaban J connectivity index is 1.84. The lowest BCUT2D eigenvalue weighted by molar-refractivity contribution is -0.114. The highest BCUT2D eigenvalue weighted by Gasteiger charge is 2.29. The van der Waals surface area contributed by atoms with Crippen LogP contribution in [0, 0.1) is 0 Å². The molecule has 0 saturated heterocycles. The summed E-state index contributed by atoms with van der Waals surface area (Å²) in [7, 11) is 0. The van der Waals surface area contributed by atoms with E-state index in [1.165, 1.54) is 0 Å². The van der Waals surface area contributed by atoms with Crippen LogP contribution in [0.25, 0.3) is 6.08 Å². The zero-order chi connectivity index (χ0) is 19.2. The van der Waals surface area contributed by atoms with Crippen LogP contribution >= 0.6 is 0 Å². The molecule has 4 nitrogen and oxygen atoms in total. The second-order valence-corrected chi connectivity index (χ2v) is 6.79. The molecular weight excluding hydrogens is 336 g/mol. The van der Waals surface area contributed by atoms with E-state index in [2.05, 4.69) is 31.7 Å². The zero-order valence-electron chi connectivity index (χ0n) is 16.4. The number of carbonyl (C=O) groups is 1. The number of hydrogen-bond donors (Lipinski definition) is 0. The van der Waals surface area contributed by atoms with Gasteiger partial charge >= 0.3 is 0 Å². The molecule has 0 bridgehead atoms. The number of nitrogens with zero attached hydrogens (tertiary/aromatic N) is 2. The van der Waals surface area contributed by atoms with Gasteiger partial charge in [0.1, 0.15) is 5.75 Å². The molecule has 142 valence electrons. The first-order valence-corrected chi connectivity index (χ1v) is 9.72. The second-order valence-electron chi connectivity index (χ2n) is 6.79. The molecule has 0 fully saturated rings. The van der Waals surface area contributed by atoms with Crippen molar-refractivity contribution in [3.8, 4) is 5.75 Å². The molecule has 2 aromatic carbocycles. The minimum atomic E-state index is -0.00431. The number of carbonyl (C=O) groups excluding carboxylic acids is 1. The molecule has 0 aliphatic carbocycles. The van der Waals surface area contributed by atoms with E-state index in [0.29, 0.717) is 13.2 Å².